The molecule has 0 N–H and O–H groups in total. The van der Waals surface area contributed by atoms with E-state index in [9.17, 15) is 4.79 Å². The van der Waals surface area contributed by atoms with Crippen LogP contribution in [0, 0.1) is 0 Å². The van der Waals surface area contributed by atoms with E-state index in [0.717, 1.165) is 27.6 Å². The van der Waals surface area contributed by atoms with Gasteiger partial charge in [0, 0.05) is 30.9 Å². The normalized spacial score (nSPS) is 11.0. The van der Waals surface area contributed by atoms with E-state index in [1.54, 1.807) is 10.6 Å². The minimum absolute atomic E-state index is 0.00140. The SMILES string of the molecule is Cn1cc2ccc(-c3ccc(=O)n(Cc4ccccc4)c3)cc2n1. The van der Waals surface area contributed by atoms with Crippen LogP contribution in [0.4, 0.5) is 0 Å². The van der Waals surface area contributed by atoms with E-state index in [0.29, 0.717) is 6.54 Å². The Morgan fingerprint density at radius 3 is 2.54 bits per heavy atom. The van der Waals surface area contributed by atoms with Crippen molar-refractivity contribution in [2.45, 2.75) is 6.54 Å². The lowest BCUT2D eigenvalue weighted by Crippen LogP contribution is -2.19. The summed E-state index contributed by atoms with van der Waals surface area (Å²) in [6.45, 7) is 0.569. The van der Waals surface area contributed by atoms with Gasteiger partial charge in [-0.3, -0.25) is 9.48 Å². The van der Waals surface area contributed by atoms with Crippen LogP contribution in [0.3, 0.4) is 0 Å². The molecule has 2 aromatic carbocycles. The standard InChI is InChI=1S/C20H17N3O/c1-22-13-18-8-7-16(11-19(18)21-22)17-9-10-20(24)23(14-17)12-15-5-3-2-4-6-15/h2-11,13-14H,12H2,1H3. The quantitative estimate of drug-likeness (QED) is 0.581. The fourth-order valence-corrected chi connectivity index (χ4v) is 2.92. The van der Waals surface area contributed by atoms with E-state index in [1.165, 1.54) is 0 Å². The van der Waals surface area contributed by atoms with Crippen LogP contribution in [0.2, 0.25) is 0 Å². The molecule has 118 valence electrons. The molecule has 0 amide bonds. The largest absolute Gasteiger partial charge is 0.310 e. The molecule has 0 saturated heterocycles. The first kappa shape index (κ1) is 14.5. The van der Waals surface area contributed by atoms with Crippen LogP contribution >= 0.6 is 0 Å². The summed E-state index contributed by atoms with van der Waals surface area (Å²) in [7, 11) is 1.92. The minimum atomic E-state index is 0.00140. The third-order valence-electron chi connectivity index (χ3n) is 4.13. The molecule has 24 heavy (non-hydrogen) atoms. The highest BCUT2D eigenvalue weighted by molar-refractivity contribution is 5.83. The van der Waals surface area contributed by atoms with Crippen molar-refractivity contribution in [2.24, 2.45) is 7.05 Å². The molecule has 0 radical (unpaired) electrons. The number of fused-ring (bicyclic) bond motifs is 1. The fourth-order valence-electron chi connectivity index (χ4n) is 2.92. The first-order valence-corrected chi connectivity index (χ1v) is 7.87. The Bertz CT molecular complexity index is 1060. The number of nitrogens with zero attached hydrogens (tertiary/aromatic N) is 3. The lowest BCUT2D eigenvalue weighted by atomic mass is 10.1. The van der Waals surface area contributed by atoms with Crippen molar-refractivity contribution in [3.05, 3.63) is 89.0 Å². The van der Waals surface area contributed by atoms with Gasteiger partial charge in [0.1, 0.15) is 0 Å². The predicted octanol–water partition coefficient (Wildman–Crippen LogP) is 3.45. The van der Waals surface area contributed by atoms with Crippen LogP contribution < -0.4 is 5.56 Å². The van der Waals surface area contributed by atoms with Gasteiger partial charge in [-0.05, 0) is 28.8 Å². The van der Waals surface area contributed by atoms with Crippen LogP contribution in [0.1, 0.15) is 5.56 Å². The Labute approximate surface area is 139 Å². The number of hydrogen-bond donors (Lipinski definition) is 0. The number of hydrogen-bond acceptors (Lipinski definition) is 2. The van der Waals surface area contributed by atoms with Gasteiger partial charge in [-0.15, -0.1) is 0 Å². The van der Waals surface area contributed by atoms with Crippen molar-refractivity contribution in [2.75, 3.05) is 0 Å². The van der Waals surface area contributed by atoms with Gasteiger partial charge in [0.25, 0.3) is 5.56 Å². The third-order valence-corrected chi connectivity index (χ3v) is 4.13. The van der Waals surface area contributed by atoms with Gasteiger partial charge < -0.3 is 4.57 Å². The maximum atomic E-state index is 12.2. The van der Waals surface area contributed by atoms with Crippen LogP contribution in [0.25, 0.3) is 22.0 Å². The molecule has 4 rings (SSSR count). The predicted molar refractivity (Wildman–Crippen MR) is 96.0 cm³/mol. The molecule has 0 aliphatic heterocycles. The molecule has 0 aliphatic rings. The number of benzene rings is 2. The second-order valence-electron chi connectivity index (χ2n) is 5.95. The Kier molecular flexibility index (Phi) is 3.50. The highest BCUT2D eigenvalue weighted by Crippen LogP contribution is 2.23. The molecule has 0 spiro atoms. The lowest BCUT2D eigenvalue weighted by Gasteiger charge is -2.09. The van der Waals surface area contributed by atoms with Crippen LogP contribution in [-0.4, -0.2) is 14.3 Å². The van der Waals surface area contributed by atoms with Crippen molar-refractivity contribution in [3.8, 4) is 11.1 Å². The Hall–Kier alpha value is -3.14. The van der Waals surface area contributed by atoms with E-state index < -0.39 is 0 Å². The highest BCUT2D eigenvalue weighted by Gasteiger charge is 2.05. The summed E-state index contributed by atoms with van der Waals surface area (Å²) in [5.41, 5.74) is 4.13. The monoisotopic (exact) mass is 315 g/mol. The molecule has 0 unspecified atom stereocenters. The maximum absolute atomic E-state index is 12.2. The van der Waals surface area contributed by atoms with Gasteiger partial charge in [0.05, 0.1) is 12.1 Å². The van der Waals surface area contributed by atoms with Crippen molar-refractivity contribution in [1.82, 2.24) is 14.3 Å². The zero-order valence-electron chi connectivity index (χ0n) is 13.4. The first-order chi connectivity index (χ1) is 11.7. The van der Waals surface area contributed by atoms with Gasteiger partial charge in [0.15, 0.2) is 0 Å². The van der Waals surface area contributed by atoms with Gasteiger partial charge in [-0.25, -0.2) is 0 Å². The topological polar surface area (TPSA) is 39.8 Å². The van der Waals surface area contributed by atoms with Crippen LogP contribution in [-0.2, 0) is 13.6 Å². The maximum Gasteiger partial charge on any atom is 0.250 e. The van der Waals surface area contributed by atoms with E-state index in [4.69, 9.17) is 0 Å². The summed E-state index contributed by atoms with van der Waals surface area (Å²) in [6.07, 6.45) is 3.91. The molecule has 4 heteroatoms. The second kappa shape index (κ2) is 5.81. The summed E-state index contributed by atoms with van der Waals surface area (Å²) in [4.78, 5) is 12.2. The average Bonchev–Trinajstić information content (AvgIpc) is 2.97. The van der Waals surface area contributed by atoms with Gasteiger partial charge in [-0.2, -0.15) is 5.10 Å². The molecule has 0 aliphatic carbocycles. The average molecular weight is 315 g/mol. The molecule has 0 bridgehead atoms. The number of aryl methyl sites for hydroxylation is 1. The van der Waals surface area contributed by atoms with Gasteiger partial charge in [-0.1, -0.05) is 42.5 Å². The number of pyridine rings is 1. The summed E-state index contributed by atoms with van der Waals surface area (Å²) in [6, 6.07) is 19.7. The van der Waals surface area contributed by atoms with E-state index in [2.05, 4.69) is 23.3 Å². The smallest absolute Gasteiger partial charge is 0.250 e. The van der Waals surface area contributed by atoms with Crippen molar-refractivity contribution in [1.29, 1.82) is 0 Å². The summed E-state index contributed by atoms with van der Waals surface area (Å²) < 4.78 is 3.55. The van der Waals surface area contributed by atoms with E-state index in [1.807, 2.05) is 60.5 Å². The van der Waals surface area contributed by atoms with Gasteiger partial charge in [0.2, 0.25) is 0 Å². The Balaban J connectivity index is 1.74. The Morgan fingerprint density at radius 1 is 0.917 bits per heavy atom. The molecule has 4 aromatic rings. The molecule has 4 nitrogen and oxygen atoms in total. The van der Waals surface area contributed by atoms with Crippen molar-refractivity contribution >= 4 is 10.9 Å². The Morgan fingerprint density at radius 2 is 1.71 bits per heavy atom. The summed E-state index contributed by atoms with van der Waals surface area (Å²) in [5.74, 6) is 0. The molecule has 0 saturated carbocycles. The third kappa shape index (κ3) is 2.74. The molecule has 0 atom stereocenters. The van der Waals surface area contributed by atoms with E-state index in [-0.39, 0.29) is 5.56 Å². The number of aromatic nitrogens is 3. The molecule has 0 fully saturated rings. The molecular weight excluding hydrogens is 298 g/mol. The molecule has 2 aromatic heterocycles. The van der Waals surface area contributed by atoms with Crippen molar-refractivity contribution in [3.63, 3.8) is 0 Å². The minimum Gasteiger partial charge on any atom is -0.310 e. The van der Waals surface area contributed by atoms with Crippen LogP contribution in [0.5, 0.6) is 0 Å². The van der Waals surface area contributed by atoms with E-state index >= 15 is 0 Å². The van der Waals surface area contributed by atoms with Crippen molar-refractivity contribution < 1.29 is 0 Å². The lowest BCUT2D eigenvalue weighted by molar-refractivity contribution is 0.761. The summed E-state index contributed by atoms with van der Waals surface area (Å²) in [5, 5.41) is 5.57. The van der Waals surface area contributed by atoms with Gasteiger partial charge >= 0.3 is 0 Å². The second-order valence-corrected chi connectivity index (χ2v) is 5.95. The number of rotatable bonds is 3. The molecular formula is C20H17N3O. The highest BCUT2D eigenvalue weighted by atomic mass is 16.1. The summed E-state index contributed by atoms with van der Waals surface area (Å²) >= 11 is 0. The molecule has 2 heterocycles. The first-order valence-electron chi connectivity index (χ1n) is 7.87. The van der Waals surface area contributed by atoms with Crippen LogP contribution in [0.15, 0.2) is 77.9 Å². The fraction of sp³-hybridized carbons (Fsp3) is 0.100. The zero-order valence-corrected chi connectivity index (χ0v) is 13.4. The zero-order chi connectivity index (χ0) is 16.5.